The van der Waals surface area contributed by atoms with Gasteiger partial charge >= 0.3 is 0 Å². The van der Waals surface area contributed by atoms with Crippen LogP contribution in [0.5, 0.6) is 0 Å². The van der Waals surface area contributed by atoms with Gasteiger partial charge in [-0.2, -0.15) is 0 Å². The molecule has 3 rings (SSSR count). The molecule has 6 nitrogen and oxygen atoms in total. The summed E-state index contributed by atoms with van der Waals surface area (Å²) in [6, 6.07) is 0.503. The molecule has 1 spiro atoms. The Hall–Kier alpha value is -0.830. The monoisotopic (exact) mass is 503 g/mol. The van der Waals surface area contributed by atoms with Crippen LogP contribution in [0.4, 0.5) is 0 Å². The number of nitrogens with one attached hydrogen (secondary N) is 2. The predicted octanol–water partition coefficient (Wildman–Crippen LogP) is 3.88. The number of aliphatic imine (C=N–C) groups is 1. The molecule has 0 aliphatic heterocycles. The van der Waals surface area contributed by atoms with Crippen molar-refractivity contribution in [2.75, 3.05) is 19.7 Å². The first-order valence-electron chi connectivity index (χ1n) is 10.8. The van der Waals surface area contributed by atoms with E-state index in [1.54, 1.807) is 0 Å². The number of imidazole rings is 1. The fraction of sp³-hybridized carbons (Fsp3) is 0.810. The van der Waals surface area contributed by atoms with Gasteiger partial charge in [0.05, 0.1) is 6.10 Å². The predicted molar refractivity (Wildman–Crippen MR) is 125 cm³/mol. The minimum atomic E-state index is 0. The summed E-state index contributed by atoms with van der Waals surface area (Å²) in [6.45, 7) is 9.90. The van der Waals surface area contributed by atoms with Crippen molar-refractivity contribution in [3.05, 3.63) is 18.2 Å². The van der Waals surface area contributed by atoms with Crippen LogP contribution in [0.25, 0.3) is 0 Å². The van der Waals surface area contributed by atoms with Gasteiger partial charge in [-0.3, -0.25) is 4.99 Å². The minimum absolute atomic E-state index is 0. The van der Waals surface area contributed by atoms with Crippen LogP contribution in [0.2, 0.25) is 0 Å². The highest BCUT2D eigenvalue weighted by molar-refractivity contribution is 14.0. The van der Waals surface area contributed by atoms with Crippen LogP contribution in [0.15, 0.2) is 17.4 Å². The van der Waals surface area contributed by atoms with Crippen LogP contribution in [-0.4, -0.2) is 47.4 Å². The average molecular weight is 503 g/mol. The van der Waals surface area contributed by atoms with Crippen LogP contribution in [-0.2, 0) is 11.3 Å². The summed E-state index contributed by atoms with van der Waals surface area (Å²) >= 11 is 0. The van der Waals surface area contributed by atoms with Crippen molar-refractivity contribution in [3.63, 3.8) is 0 Å². The number of nitrogens with zero attached hydrogens (tertiary/aromatic N) is 3. The van der Waals surface area contributed by atoms with E-state index in [4.69, 9.17) is 9.73 Å². The molecule has 2 atom stereocenters. The Bertz CT molecular complexity index is 612. The number of guanidine groups is 1. The van der Waals surface area contributed by atoms with Crippen molar-refractivity contribution in [2.45, 2.75) is 84.4 Å². The van der Waals surface area contributed by atoms with Gasteiger partial charge in [0.25, 0.3) is 0 Å². The maximum Gasteiger partial charge on any atom is 0.191 e. The Morgan fingerprint density at radius 1 is 1.32 bits per heavy atom. The van der Waals surface area contributed by atoms with E-state index >= 15 is 0 Å². The van der Waals surface area contributed by atoms with E-state index in [9.17, 15) is 0 Å². The normalized spacial score (nSPS) is 23.3. The molecule has 2 aliphatic carbocycles. The van der Waals surface area contributed by atoms with Gasteiger partial charge in [-0.15, -0.1) is 24.0 Å². The van der Waals surface area contributed by atoms with Crippen molar-refractivity contribution < 1.29 is 4.74 Å². The van der Waals surface area contributed by atoms with Gasteiger partial charge in [0, 0.05) is 50.1 Å². The van der Waals surface area contributed by atoms with Crippen LogP contribution in [0, 0.1) is 12.3 Å². The van der Waals surface area contributed by atoms with E-state index in [1.165, 1.54) is 25.7 Å². The zero-order valence-corrected chi connectivity index (χ0v) is 20.1. The molecule has 2 fully saturated rings. The largest absolute Gasteiger partial charge is 0.378 e. The minimum Gasteiger partial charge on any atom is -0.378 e. The second-order valence-electron chi connectivity index (χ2n) is 7.95. The number of hydrogen-bond donors (Lipinski definition) is 2. The number of ether oxygens (including phenoxy) is 1. The highest BCUT2D eigenvalue weighted by Crippen LogP contribution is 2.54. The molecule has 1 aromatic rings. The zero-order valence-electron chi connectivity index (χ0n) is 17.7. The number of aryl methyl sites for hydroxylation is 2. The molecule has 0 bridgehead atoms. The number of rotatable bonds is 9. The summed E-state index contributed by atoms with van der Waals surface area (Å²) in [5.74, 6) is 2.06. The molecular formula is C21H38IN5O. The van der Waals surface area contributed by atoms with E-state index in [-0.39, 0.29) is 24.0 Å². The third-order valence-corrected chi connectivity index (χ3v) is 6.34. The van der Waals surface area contributed by atoms with E-state index < -0.39 is 0 Å². The summed E-state index contributed by atoms with van der Waals surface area (Å²) in [7, 11) is 0. The quantitative estimate of drug-likeness (QED) is 0.232. The summed E-state index contributed by atoms with van der Waals surface area (Å²) in [5, 5.41) is 7.16. The lowest BCUT2D eigenvalue weighted by atomic mass is 9.60. The molecule has 0 amide bonds. The smallest absolute Gasteiger partial charge is 0.191 e. The first-order valence-corrected chi connectivity index (χ1v) is 10.8. The number of unbranched alkanes of at least 4 members (excludes halogenated alkanes) is 1. The first-order chi connectivity index (χ1) is 13.2. The van der Waals surface area contributed by atoms with E-state index in [2.05, 4.69) is 47.2 Å². The summed E-state index contributed by atoms with van der Waals surface area (Å²) in [5.41, 5.74) is 0.338. The van der Waals surface area contributed by atoms with Gasteiger partial charge in [-0.05, 0) is 52.9 Å². The highest BCUT2D eigenvalue weighted by atomic mass is 127. The molecule has 2 aliphatic rings. The molecule has 2 unspecified atom stereocenters. The Balaban J connectivity index is 0.00000280. The Morgan fingerprint density at radius 2 is 2.11 bits per heavy atom. The molecule has 28 heavy (non-hydrogen) atoms. The summed E-state index contributed by atoms with van der Waals surface area (Å²) in [4.78, 5) is 9.11. The summed E-state index contributed by atoms with van der Waals surface area (Å²) in [6.07, 6.45) is 12.9. The maximum atomic E-state index is 6.04. The van der Waals surface area contributed by atoms with E-state index in [0.717, 1.165) is 57.3 Å². The highest BCUT2D eigenvalue weighted by Gasteiger charge is 2.56. The van der Waals surface area contributed by atoms with Gasteiger partial charge in [0.1, 0.15) is 5.82 Å². The fourth-order valence-electron chi connectivity index (χ4n) is 4.80. The van der Waals surface area contributed by atoms with Crippen LogP contribution in [0.3, 0.4) is 0 Å². The van der Waals surface area contributed by atoms with Gasteiger partial charge in [0.2, 0.25) is 0 Å². The lowest BCUT2D eigenvalue weighted by Gasteiger charge is -2.54. The lowest BCUT2D eigenvalue weighted by Crippen LogP contribution is -2.65. The molecule has 0 saturated heterocycles. The Labute approximate surface area is 187 Å². The third-order valence-electron chi connectivity index (χ3n) is 6.34. The van der Waals surface area contributed by atoms with Gasteiger partial charge in [-0.1, -0.05) is 12.8 Å². The molecule has 1 aromatic heterocycles. The molecule has 0 aromatic carbocycles. The second kappa shape index (κ2) is 11.4. The standard InChI is InChI=1S/C21H37N5O.HI/c1-4-22-20(24-12-8-9-14-26-15-13-23-17(26)3)25-18-16-19(27-5-2)21(18)10-6-7-11-21;/h13,15,18-19H,4-12,14,16H2,1-3H3,(H2,22,24,25);1H. The molecule has 7 heteroatoms. The van der Waals surface area contributed by atoms with Crippen molar-refractivity contribution >= 4 is 29.9 Å². The number of aromatic nitrogens is 2. The average Bonchev–Trinajstić information content (AvgIpc) is 3.31. The van der Waals surface area contributed by atoms with Gasteiger partial charge < -0.3 is 19.9 Å². The molecule has 2 N–H and O–H groups in total. The topological polar surface area (TPSA) is 63.5 Å². The number of halogens is 1. The number of hydrogen-bond acceptors (Lipinski definition) is 3. The van der Waals surface area contributed by atoms with Gasteiger partial charge in [0.15, 0.2) is 5.96 Å². The maximum absolute atomic E-state index is 6.04. The van der Waals surface area contributed by atoms with Crippen LogP contribution < -0.4 is 10.6 Å². The SMILES string of the molecule is CCNC(=NCCCCn1ccnc1C)NC1CC(OCC)C12CCCC2.I. The molecule has 1 heterocycles. The Kier molecular flexibility index (Phi) is 9.53. The van der Waals surface area contributed by atoms with Crippen molar-refractivity contribution in [3.8, 4) is 0 Å². The van der Waals surface area contributed by atoms with Crippen molar-refractivity contribution in [1.29, 1.82) is 0 Å². The molecule has 0 radical (unpaired) electrons. The third kappa shape index (κ3) is 5.40. The molecular weight excluding hydrogens is 465 g/mol. The van der Waals surface area contributed by atoms with Gasteiger partial charge in [-0.25, -0.2) is 4.98 Å². The van der Waals surface area contributed by atoms with Crippen molar-refractivity contribution in [1.82, 2.24) is 20.2 Å². The van der Waals surface area contributed by atoms with E-state index in [0.29, 0.717) is 17.6 Å². The van der Waals surface area contributed by atoms with E-state index in [1.807, 2.05) is 6.20 Å². The lowest BCUT2D eigenvalue weighted by molar-refractivity contribution is -0.125. The molecule has 160 valence electrons. The Morgan fingerprint density at radius 3 is 2.75 bits per heavy atom. The summed E-state index contributed by atoms with van der Waals surface area (Å²) < 4.78 is 8.25. The second-order valence-corrected chi connectivity index (χ2v) is 7.95. The first kappa shape index (κ1) is 23.4. The fourth-order valence-corrected chi connectivity index (χ4v) is 4.80. The zero-order chi connectivity index (χ0) is 19.1. The molecule has 2 saturated carbocycles. The van der Waals surface area contributed by atoms with Crippen LogP contribution in [0.1, 0.15) is 64.6 Å². The van der Waals surface area contributed by atoms with Crippen molar-refractivity contribution in [2.24, 2.45) is 10.4 Å². The van der Waals surface area contributed by atoms with Crippen LogP contribution >= 0.6 is 24.0 Å².